The Morgan fingerprint density at radius 3 is 2.90 bits per heavy atom. The predicted octanol–water partition coefficient (Wildman–Crippen LogP) is 3.58. The summed E-state index contributed by atoms with van der Waals surface area (Å²) in [5, 5.41) is 11.3. The third-order valence-electron chi connectivity index (χ3n) is 4.80. The first-order chi connectivity index (χ1) is 14.1. The number of oxime groups is 1. The van der Waals surface area contributed by atoms with Crippen molar-refractivity contribution >= 4 is 11.6 Å². The number of hydrogen-bond acceptors (Lipinski definition) is 4. The lowest BCUT2D eigenvalue weighted by atomic mass is 10.0. The van der Waals surface area contributed by atoms with Crippen LogP contribution in [0.3, 0.4) is 0 Å². The van der Waals surface area contributed by atoms with E-state index in [-0.39, 0.29) is 17.8 Å². The Labute approximate surface area is 168 Å². The number of halogens is 1. The maximum Gasteiger partial charge on any atom is 0.264 e. The maximum atomic E-state index is 13.3. The van der Waals surface area contributed by atoms with E-state index < -0.39 is 6.10 Å². The molecule has 1 amide bonds. The predicted molar refractivity (Wildman–Crippen MR) is 107 cm³/mol. The number of carbonyl (C=O) groups excluding carboxylic acids is 1. The summed E-state index contributed by atoms with van der Waals surface area (Å²) >= 11 is 0. The molecule has 1 aromatic heterocycles. The molecule has 1 N–H and O–H groups in total. The minimum atomic E-state index is -0.676. The van der Waals surface area contributed by atoms with Gasteiger partial charge < -0.3 is 10.2 Å². The van der Waals surface area contributed by atoms with Gasteiger partial charge in [-0.25, -0.2) is 9.07 Å². The molecule has 6 nitrogen and oxygen atoms in total. The van der Waals surface area contributed by atoms with Gasteiger partial charge in [0.25, 0.3) is 5.91 Å². The Hall–Kier alpha value is -3.48. The fourth-order valence-electron chi connectivity index (χ4n) is 3.23. The standard InChI is InChI=1S/C22H21FN4O2/c1-15(17-13-24-27(14-17)20-8-3-2-4-9-20)25-22(28)21-12-19(26-29-21)11-16-6-5-7-18(23)10-16/h2-10,13-15,21H,11-12H2,1H3,(H,25,28). The molecule has 1 aliphatic rings. The summed E-state index contributed by atoms with van der Waals surface area (Å²) in [5.41, 5.74) is 3.36. The Balaban J connectivity index is 1.32. The molecule has 7 heteroatoms. The summed E-state index contributed by atoms with van der Waals surface area (Å²) < 4.78 is 15.1. The number of rotatable bonds is 6. The van der Waals surface area contributed by atoms with E-state index in [1.54, 1.807) is 16.9 Å². The minimum absolute atomic E-state index is 0.226. The van der Waals surface area contributed by atoms with E-state index in [1.165, 1.54) is 12.1 Å². The Morgan fingerprint density at radius 1 is 1.28 bits per heavy atom. The van der Waals surface area contributed by atoms with Crippen molar-refractivity contribution in [1.82, 2.24) is 15.1 Å². The molecule has 4 rings (SSSR count). The summed E-state index contributed by atoms with van der Waals surface area (Å²) in [6.07, 6.45) is 3.80. The first kappa shape index (κ1) is 18.9. The van der Waals surface area contributed by atoms with Gasteiger partial charge in [0.15, 0.2) is 0 Å². The van der Waals surface area contributed by atoms with Gasteiger partial charge in [0.05, 0.1) is 23.6 Å². The van der Waals surface area contributed by atoms with Crippen molar-refractivity contribution in [3.8, 4) is 5.69 Å². The van der Waals surface area contributed by atoms with E-state index in [9.17, 15) is 9.18 Å². The van der Waals surface area contributed by atoms with E-state index in [2.05, 4.69) is 15.6 Å². The van der Waals surface area contributed by atoms with Gasteiger partial charge in [-0.2, -0.15) is 5.10 Å². The highest BCUT2D eigenvalue weighted by atomic mass is 19.1. The summed E-state index contributed by atoms with van der Waals surface area (Å²) in [6.45, 7) is 1.90. The largest absolute Gasteiger partial charge is 0.382 e. The lowest BCUT2D eigenvalue weighted by Gasteiger charge is -2.14. The van der Waals surface area contributed by atoms with Crippen molar-refractivity contribution < 1.29 is 14.0 Å². The van der Waals surface area contributed by atoms with Gasteiger partial charge in [0, 0.05) is 24.6 Å². The quantitative estimate of drug-likeness (QED) is 0.697. The average molecular weight is 392 g/mol. The van der Waals surface area contributed by atoms with Crippen LogP contribution in [0.5, 0.6) is 0 Å². The Morgan fingerprint density at radius 2 is 2.10 bits per heavy atom. The zero-order valence-corrected chi connectivity index (χ0v) is 16.0. The number of nitrogens with zero attached hydrogens (tertiary/aromatic N) is 3. The van der Waals surface area contributed by atoms with E-state index in [0.717, 1.165) is 22.5 Å². The number of para-hydroxylation sites is 1. The minimum Gasteiger partial charge on any atom is -0.382 e. The summed E-state index contributed by atoms with van der Waals surface area (Å²) in [6, 6.07) is 15.9. The van der Waals surface area contributed by atoms with E-state index in [0.29, 0.717) is 12.8 Å². The van der Waals surface area contributed by atoms with E-state index in [1.807, 2.05) is 49.5 Å². The van der Waals surface area contributed by atoms with Crippen LogP contribution in [-0.4, -0.2) is 27.5 Å². The van der Waals surface area contributed by atoms with Gasteiger partial charge in [-0.3, -0.25) is 4.79 Å². The van der Waals surface area contributed by atoms with Gasteiger partial charge in [-0.15, -0.1) is 0 Å². The molecule has 0 aliphatic carbocycles. The van der Waals surface area contributed by atoms with E-state index in [4.69, 9.17) is 4.84 Å². The number of aromatic nitrogens is 2. The highest BCUT2D eigenvalue weighted by Gasteiger charge is 2.29. The molecule has 148 valence electrons. The molecule has 2 unspecified atom stereocenters. The monoisotopic (exact) mass is 392 g/mol. The van der Waals surface area contributed by atoms with Crippen LogP contribution in [0.25, 0.3) is 5.69 Å². The second-order valence-electron chi connectivity index (χ2n) is 7.05. The van der Waals surface area contributed by atoms with Gasteiger partial charge >= 0.3 is 0 Å². The second kappa shape index (κ2) is 8.26. The van der Waals surface area contributed by atoms with Crippen molar-refractivity contribution in [3.05, 3.63) is 83.9 Å². The first-order valence-corrected chi connectivity index (χ1v) is 9.45. The molecule has 2 atom stereocenters. The van der Waals surface area contributed by atoms with Crippen LogP contribution < -0.4 is 5.32 Å². The van der Waals surface area contributed by atoms with Gasteiger partial charge in [0.1, 0.15) is 5.82 Å². The lowest BCUT2D eigenvalue weighted by Crippen LogP contribution is -2.36. The number of hydrogen-bond donors (Lipinski definition) is 1. The van der Waals surface area contributed by atoms with Crippen molar-refractivity contribution in [2.45, 2.75) is 31.9 Å². The maximum absolute atomic E-state index is 13.3. The number of carbonyl (C=O) groups is 1. The molecule has 29 heavy (non-hydrogen) atoms. The number of nitrogens with one attached hydrogen (secondary N) is 1. The molecule has 0 spiro atoms. The molecule has 2 heterocycles. The van der Waals surface area contributed by atoms with Gasteiger partial charge in [-0.05, 0) is 36.8 Å². The summed E-state index contributed by atoms with van der Waals surface area (Å²) in [4.78, 5) is 17.9. The van der Waals surface area contributed by atoms with E-state index >= 15 is 0 Å². The van der Waals surface area contributed by atoms with Crippen LogP contribution in [0.2, 0.25) is 0 Å². The summed E-state index contributed by atoms with van der Waals surface area (Å²) in [5.74, 6) is -0.524. The molecule has 0 fully saturated rings. The Kier molecular flexibility index (Phi) is 5.37. The summed E-state index contributed by atoms with van der Waals surface area (Å²) in [7, 11) is 0. The van der Waals surface area contributed by atoms with Crippen LogP contribution in [-0.2, 0) is 16.1 Å². The molecule has 0 bridgehead atoms. The van der Waals surface area contributed by atoms with Crippen LogP contribution in [0.1, 0.15) is 30.5 Å². The van der Waals surface area contributed by atoms with Crippen molar-refractivity contribution in [1.29, 1.82) is 0 Å². The number of amides is 1. The molecule has 1 aliphatic heterocycles. The Bertz CT molecular complexity index is 1030. The molecule has 3 aromatic rings. The van der Waals surface area contributed by atoms with Crippen LogP contribution in [0.4, 0.5) is 4.39 Å². The normalized spacial score (nSPS) is 16.8. The van der Waals surface area contributed by atoms with Crippen LogP contribution in [0.15, 0.2) is 72.1 Å². The van der Waals surface area contributed by atoms with Crippen molar-refractivity contribution in [3.63, 3.8) is 0 Å². The van der Waals surface area contributed by atoms with Crippen molar-refractivity contribution in [2.75, 3.05) is 0 Å². The topological polar surface area (TPSA) is 68.5 Å². The smallest absolute Gasteiger partial charge is 0.264 e. The van der Waals surface area contributed by atoms with Crippen molar-refractivity contribution in [2.24, 2.45) is 5.16 Å². The molecule has 0 radical (unpaired) electrons. The van der Waals surface area contributed by atoms with Crippen LogP contribution >= 0.6 is 0 Å². The molecule has 0 saturated carbocycles. The highest BCUT2D eigenvalue weighted by molar-refractivity contribution is 5.94. The molecule has 0 saturated heterocycles. The highest BCUT2D eigenvalue weighted by Crippen LogP contribution is 2.18. The molecule has 2 aromatic carbocycles. The number of benzene rings is 2. The first-order valence-electron chi connectivity index (χ1n) is 9.45. The average Bonchev–Trinajstić information content (AvgIpc) is 3.39. The molecular weight excluding hydrogens is 371 g/mol. The van der Waals surface area contributed by atoms with Gasteiger partial charge in [-0.1, -0.05) is 35.5 Å². The molecular formula is C22H21FN4O2. The SMILES string of the molecule is CC(NC(=O)C1CC(Cc2cccc(F)c2)=NO1)c1cnn(-c2ccccc2)c1. The van der Waals surface area contributed by atoms with Gasteiger partial charge in [0.2, 0.25) is 6.10 Å². The second-order valence-corrected chi connectivity index (χ2v) is 7.05. The third kappa shape index (κ3) is 4.51. The fourth-order valence-corrected chi connectivity index (χ4v) is 3.23. The fraction of sp³-hybridized carbons (Fsp3) is 0.227. The zero-order chi connectivity index (χ0) is 20.2. The lowest BCUT2D eigenvalue weighted by molar-refractivity contribution is -0.131. The zero-order valence-electron chi connectivity index (χ0n) is 16.0. The van der Waals surface area contributed by atoms with Crippen LogP contribution in [0, 0.1) is 5.82 Å². The third-order valence-corrected chi connectivity index (χ3v) is 4.80.